The molecule has 11 heteroatoms. The van der Waals surface area contributed by atoms with Crippen molar-refractivity contribution in [1.29, 1.82) is 0 Å². The fourth-order valence-electron chi connectivity index (χ4n) is 2.85. The zero-order valence-electron chi connectivity index (χ0n) is 18.1. The van der Waals surface area contributed by atoms with E-state index in [2.05, 4.69) is 25.5 Å². The highest BCUT2D eigenvalue weighted by atomic mass is 35.5. The number of nitrogen functional groups attached to an aromatic ring is 1. The highest BCUT2D eigenvalue weighted by molar-refractivity contribution is 6.33. The molecule has 2 aromatic carbocycles. The molecule has 0 aliphatic heterocycles. The largest absolute Gasteiger partial charge is 0.497 e. The van der Waals surface area contributed by atoms with Gasteiger partial charge in [0, 0.05) is 12.1 Å². The lowest BCUT2D eigenvalue weighted by atomic mass is 10.1. The molecule has 2 amide bonds. The van der Waals surface area contributed by atoms with Crippen LogP contribution >= 0.6 is 11.6 Å². The number of aromatic nitrogens is 1. The molecule has 0 bridgehead atoms. The molecule has 0 spiro atoms. The van der Waals surface area contributed by atoms with Crippen LogP contribution in [-0.4, -0.2) is 37.3 Å². The van der Waals surface area contributed by atoms with Crippen molar-refractivity contribution >= 4 is 35.2 Å². The first-order valence-electron chi connectivity index (χ1n) is 9.68. The second kappa shape index (κ2) is 10.5. The van der Waals surface area contributed by atoms with Gasteiger partial charge in [0.2, 0.25) is 5.96 Å². The monoisotopic (exact) mass is 471 g/mol. The van der Waals surface area contributed by atoms with E-state index in [4.69, 9.17) is 26.6 Å². The molecule has 0 fully saturated rings. The third-order valence-electron chi connectivity index (χ3n) is 4.58. The summed E-state index contributed by atoms with van der Waals surface area (Å²) in [6, 6.07) is 12.0. The Labute approximate surface area is 194 Å². The van der Waals surface area contributed by atoms with Gasteiger partial charge in [-0.05, 0) is 48.9 Å². The number of nitrogens with zero attached hydrogens (tertiary/aromatic N) is 2. The van der Waals surface area contributed by atoms with Gasteiger partial charge in [0.1, 0.15) is 22.8 Å². The topological polar surface area (TPSA) is 141 Å². The number of carbonyl (C=O) groups is 2. The van der Waals surface area contributed by atoms with Gasteiger partial charge in [0.15, 0.2) is 0 Å². The first kappa shape index (κ1) is 23.6. The zero-order chi connectivity index (χ0) is 24.0. The number of ether oxygens (including phenoxy) is 2. The van der Waals surface area contributed by atoms with Crippen molar-refractivity contribution in [3.63, 3.8) is 0 Å². The predicted octanol–water partition coefficient (Wildman–Crippen LogP) is 3.54. The van der Waals surface area contributed by atoms with Crippen LogP contribution in [0.1, 0.15) is 21.7 Å². The summed E-state index contributed by atoms with van der Waals surface area (Å²) in [5.41, 5.74) is 8.02. The molecule has 4 N–H and O–H groups in total. The van der Waals surface area contributed by atoms with Gasteiger partial charge in [-0.1, -0.05) is 22.8 Å². The fraction of sp³-hybridized carbons (Fsp3) is 0.182. The number of anilines is 1. The fourth-order valence-corrected chi connectivity index (χ4v) is 3.06. The van der Waals surface area contributed by atoms with Crippen LogP contribution in [0, 0.1) is 6.92 Å². The Morgan fingerprint density at radius 1 is 1.18 bits per heavy atom. The normalized spacial score (nSPS) is 11.1. The van der Waals surface area contributed by atoms with Crippen molar-refractivity contribution in [3.05, 3.63) is 64.4 Å². The number of rotatable bonds is 5. The number of aliphatic imine (C=N–C) groups is 1. The van der Waals surface area contributed by atoms with Crippen LogP contribution in [0.25, 0.3) is 11.3 Å². The summed E-state index contributed by atoms with van der Waals surface area (Å²) in [5.74, 6) is 0.133. The molecular formula is C22H22ClN5O5. The summed E-state index contributed by atoms with van der Waals surface area (Å²) in [4.78, 5) is 28.8. The van der Waals surface area contributed by atoms with Crippen LogP contribution in [0.4, 0.5) is 10.5 Å². The van der Waals surface area contributed by atoms with Gasteiger partial charge < -0.3 is 25.0 Å². The average molecular weight is 472 g/mol. The van der Waals surface area contributed by atoms with Crippen molar-refractivity contribution in [2.45, 2.75) is 13.5 Å². The molecule has 33 heavy (non-hydrogen) atoms. The Morgan fingerprint density at radius 3 is 2.55 bits per heavy atom. The zero-order valence-corrected chi connectivity index (χ0v) is 18.9. The summed E-state index contributed by atoms with van der Waals surface area (Å²) in [5, 5.41) is 9.64. The number of hydrogen-bond donors (Lipinski definition) is 3. The number of amides is 2. The van der Waals surface area contributed by atoms with Gasteiger partial charge in [0.05, 0.1) is 24.9 Å². The number of alkyl carbamates (subject to hydrolysis) is 1. The Hall–Kier alpha value is -4.05. The first-order chi connectivity index (χ1) is 15.8. The van der Waals surface area contributed by atoms with Crippen molar-refractivity contribution in [2.24, 2.45) is 4.99 Å². The minimum absolute atomic E-state index is 0.124. The number of benzene rings is 2. The van der Waals surface area contributed by atoms with Gasteiger partial charge in [-0.2, -0.15) is 4.99 Å². The molecule has 172 valence electrons. The Bertz CT molecular complexity index is 1190. The molecule has 0 unspecified atom stereocenters. The molecule has 3 aromatic rings. The van der Waals surface area contributed by atoms with E-state index >= 15 is 0 Å². The third-order valence-corrected chi connectivity index (χ3v) is 4.91. The number of carbonyl (C=O) groups excluding carboxylic acids is 2. The summed E-state index contributed by atoms with van der Waals surface area (Å²) >= 11 is 6.05. The highest BCUT2D eigenvalue weighted by Gasteiger charge is 2.22. The Kier molecular flexibility index (Phi) is 7.52. The number of guanidine groups is 1. The van der Waals surface area contributed by atoms with E-state index in [1.807, 2.05) is 0 Å². The maximum Gasteiger partial charge on any atom is 0.413 e. The van der Waals surface area contributed by atoms with Crippen LogP contribution in [0.3, 0.4) is 0 Å². The van der Waals surface area contributed by atoms with Crippen molar-refractivity contribution < 1.29 is 23.6 Å². The highest BCUT2D eigenvalue weighted by Crippen LogP contribution is 2.27. The summed E-state index contributed by atoms with van der Waals surface area (Å²) in [6.07, 6.45) is -0.804. The lowest BCUT2D eigenvalue weighted by molar-refractivity contribution is 0.100. The molecule has 0 atom stereocenters. The van der Waals surface area contributed by atoms with Gasteiger partial charge >= 0.3 is 6.09 Å². The minimum atomic E-state index is -0.804. The Morgan fingerprint density at radius 2 is 1.91 bits per heavy atom. The summed E-state index contributed by atoms with van der Waals surface area (Å²) < 4.78 is 15.0. The van der Waals surface area contributed by atoms with E-state index in [0.717, 1.165) is 5.56 Å². The average Bonchev–Trinajstić information content (AvgIpc) is 3.21. The van der Waals surface area contributed by atoms with Crippen LogP contribution in [0.5, 0.6) is 5.75 Å². The van der Waals surface area contributed by atoms with E-state index in [0.29, 0.717) is 27.7 Å². The predicted molar refractivity (Wildman–Crippen MR) is 123 cm³/mol. The maximum absolute atomic E-state index is 13.1. The third kappa shape index (κ3) is 5.80. The molecule has 0 saturated heterocycles. The smallest absolute Gasteiger partial charge is 0.413 e. The van der Waals surface area contributed by atoms with E-state index in [-0.39, 0.29) is 23.8 Å². The lowest BCUT2D eigenvalue weighted by Gasteiger charge is -2.11. The second-order valence-electron chi connectivity index (χ2n) is 6.78. The van der Waals surface area contributed by atoms with Crippen LogP contribution in [0.15, 0.2) is 52.0 Å². The molecule has 0 aliphatic carbocycles. The number of aryl methyl sites for hydroxylation is 1. The Balaban J connectivity index is 1.88. The SMILES string of the molecule is COC(=O)N/C(=N/C(=O)c1c(-c2ccc(OC)cc2)noc1C)NCc1ccc(N)c(Cl)c1. The number of methoxy groups -OCH3 is 2. The van der Waals surface area contributed by atoms with E-state index in [9.17, 15) is 9.59 Å². The summed E-state index contributed by atoms with van der Waals surface area (Å²) in [6.45, 7) is 1.80. The van der Waals surface area contributed by atoms with Gasteiger partial charge in [-0.3, -0.25) is 10.1 Å². The molecular weight excluding hydrogens is 450 g/mol. The molecule has 0 radical (unpaired) electrons. The number of halogens is 1. The van der Waals surface area contributed by atoms with E-state index < -0.39 is 12.0 Å². The first-order valence-corrected chi connectivity index (χ1v) is 10.1. The molecule has 3 rings (SSSR count). The van der Waals surface area contributed by atoms with Gasteiger partial charge in [-0.25, -0.2) is 4.79 Å². The molecule has 1 aromatic heterocycles. The standard InChI is InChI=1S/C22H22ClN5O5/c1-12-18(19(28-33-12)14-5-7-15(31-2)8-6-14)20(29)26-21(27-22(30)32-3)25-11-13-4-9-17(24)16(23)10-13/h4-10H,11,24H2,1-3H3,(H2,25,26,27,29,30). The number of nitrogens with one attached hydrogen (secondary N) is 2. The molecule has 0 aliphatic rings. The van der Waals surface area contributed by atoms with E-state index in [1.54, 1.807) is 56.5 Å². The van der Waals surface area contributed by atoms with Crippen molar-refractivity contribution in [1.82, 2.24) is 15.8 Å². The molecule has 0 saturated carbocycles. The number of nitrogens with two attached hydrogens (primary N) is 1. The molecule has 10 nitrogen and oxygen atoms in total. The lowest BCUT2D eigenvalue weighted by Crippen LogP contribution is -2.41. The quantitative estimate of drug-likeness (QED) is 0.291. The number of hydrogen-bond acceptors (Lipinski definition) is 7. The van der Waals surface area contributed by atoms with E-state index in [1.165, 1.54) is 7.11 Å². The van der Waals surface area contributed by atoms with Crippen molar-refractivity contribution in [2.75, 3.05) is 20.0 Å². The maximum atomic E-state index is 13.1. The van der Waals surface area contributed by atoms with Gasteiger partial charge in [0.25, 0.3) is 5.91 Å². The van der Waals surface area contributed by atoms with Gasteiger partial charge in [-0.15, -0.1) is 0 Å². The van der Waals surface area contributed by atoms with Crippen LogP contribution in [-0.2, 0) is 11.3 Å². The second-order valence-corrected chi connectivity index (χ2v) is 7.19. The summed E-state index contributed by atoms with van der Waals surface area (Å²) in [7, 11) is 2.75. The molecule has 1 heterocycles. The minimum Gasteiger partial charge on any atom is -0.497 e. The van der Waals surface area contributed by atoms with Crippen LogP contribution in [0.2, 0.25) is 5.02 Å². The van der Waals surface area contributed by atoms with Crippen molar-refractivity contribution in [3.8, 4) is 17.0 Å². The van der Waals surface area contributed by atoms with Crippen LogP contribution < -0.4 is 21.1 Å².